The maximum atomic E-state index is 12.2. The van der Waals surface area contributed by atoms with Crippen LogP contribution in [0.5, 0.6) is 0 Å². The Morgan fingerprint density at radius 3 is 2.04 bits per heavy atom. The zero-order valence-electron chi connectivity index (χ0n) is 15.2. The van der Waals surface area contributed by atoms with Crippen LogP contribution in [0.1, 0.15) is 30.6 Å². The number of carbonyl (C=O) groups is 1. The molecule has 0 heterocycles. The molecule has 0 bridgehead atoms. The van der Waals surface area contributed by atoms with E-state index in [0.29, 0.717) is 12.0 Å². The molecule has 4 nitrogen and oxygen atoms in total. The minimum atomic E-state index is -1.24. The van der Waals surface area contributed by atoms with Crippen molar-refractivity contribution in [2.45, 2.75) is 19.4 Å². The van der Waals surface area contributed by atoms with Crippen molar-refractivity contribution in [2.24, 2.45) is 5.10 Å². The number of hydrogen-bond acceptors (Lipinski definition) is 3. The first-order chi connectivity index (χ1) is 13.2. The highest BCUT2D eigenvalue weighted by molar-refractivity contribution is 6.01. The van der Waals surface area contributed by atoms with Crippen LogP contribution in [0, 0.1) is 0 Å². The van der Waals surface area contributed by atoms with Crippen LogP contribution in [0.2, 0.25) is 0 Å². The van der Waals surface area contributed by atoms with Crippen LogP contribution in [0.4, 0.5) is 0 Å². The van der Waals surface area contributed by atoms with Gasteiger partial charge >= 0.3 is 0 Å². The van der Waals surface area contributed by atoms with Crippen molar-refractivity contribution in [1.29, 1.82) is 0 Å². The van der Waals surface area contributed by atoms with Crippen LogP contribution in [0.3, 0.4) is 0 Å². The molecule has 0 aliphatic carbocycles. The first kappa shape index (κ1) is 18.5. The van der Waals surface area contributed by atoms with Gasteiger partial charge in [0.1, 0.15) is 0 Å². The van der Waals surface area contributed by atoms with Crippen LogP contribution in [0.25, 0.3) is 11.1 Å². The third-order valence-corrected chi connectivity index (χ3v) is 4.32. The van der Waals surface area contributed by atoms with Crippen LogP contribution in [-0.2, 0) is 4.79 Å². The minimum Gasteiger partial charge on any atom is -0.378 e. The first-order valence-corrected chi connectivity index (χ1v) is 8.94. The molecule has 0 saturated carbocycles. The quantitative estimate of drug-likeness (QED) is 0.509. The minimum absolute atomic E-state index is 0.537. The van der Waals surface area contributed by atoms with Crippen LogP contribution >= 0.6 is 0 Å². The lowest BCUT2D eigenvalue weighted by molar-refractivity contribution is -0.129. The molecule has 1 atom stereocenters. The molecule has 136 valence electrons. The van der Waals surface area contributed by atoms with Gasteiger partial charge in [-0.25, -0.2) is 5.43 Å². The van der Waals surface area contributed by atoms with Crippen molar-refractivity contribution >= 4 is 11.6 Å². The standard InChI is InChI=1S/C23H22N2O2/c1-2-21(24-25-23(27)22(26)20-11-7-4-8-12-20)19-15-13-18(14-16-19)17-9-5-3-6-10-17/h3-16,22,26H,2H2,1H3,(H,25,27)/t22-/m1/s1. The molecule has 3 rings (SSSR count). The number of carbonyl (C=O) groups excluding carboxylic acids is 1. The Morgan fingerprint density at radius 2 is 1.44 bits per heavy atom. The van der Waals surface area contributed by atoms with Crippen LogP contribution < -0.4 is 5.43 Å². The molecule has 0 aromatic heterocycles. The van der Waals surface area contributed by atoms with E-state index in [1.165, 1.54) is 0 Å². The molecule has 0 spiro atoms. The third kappa shape index (κ3) is 4.68. The highest BCUT2D eigenvalue weighted by Gasteiger charge is 2.16. The van der Waals surface area contributed by atoms with E-state index in [2.05, 4.69) is 22.7 Å². The number of aliphatic hydroxyl groups excluding tert-OH is 1. The van der Waals surface area contributed by atoms with Crippen molar-refractivity contribution in [1.82, 2.24) is 5.43 Å². The molecule has 0 saturated heterocycles. The van der Waals surface area contributed by atoms with Gasteiger partial charge in [-0.05, 0) is 28.7 Å². The van der Waals surface area contributed by atoms with Gasteiger partial charge in [0.15, 0.2) is 6.10 Å². The monoisotopic (exact) mass is 358 g/mol. The Kier molecular flexibility index (Phi) is 6.13. The van der Waals surface area contributed by atoms with Crippen LogP contribution in [0.15, 0.2) is 90.0 Å². The number of nitrogens with zero attached hydrogens (tertiary/aromatic N) is 1. The topological polar surface area (TPSA) is 61.7 Å². The molecule has 0 unspecified atom stereocenters. The highest BCUT2D eigenvalue weighted by Crippen LogP contribution is 2.20. The fourth-order valence-corrected chi connectivity index (χ4v) is 2.80. The second kappa shape index (κ2) is 8.92. The van der Waals surface area contributed by atoms with Crippen LogP contribution in [-0.4, -0.2) is 16.7 Å². The van der Waals surface area contributed by atoms with Crippen molar-refractivity contribution in [3.63, 3.8) is 0 Å². The fraction of sp³-hybridized carbons (Fsp3) is 0.130. The predicted molar refractivity (Wildman–Crippen MR) is 108 cm³/mol. The summed E-state index contributed by atoms with van der Waals surface area (Å²) < 4.78 is 0. The summed E-state index contributed by atoms with van der Waals surface area (Å²) in [5.41, 5.74) is 6.98. The summed E-state index contributed by atoms with van der Waals surface area (Å²) in [6.07, 6.45) is -0.583. The van der Waals surface area contributed by atoms with Gasteiger partial charge in [0.2, 0.25) is 0 Å². The van der Waals surface area contributed by atoms with Gasteiger partial charge < -0.3 is 5.11 Å². The largest absolute Gasteiger partial charge is 0.378 e. The van der Waals surface area contributed by atoms with E-state index < -0.39 is 12.0 Å². The summed E-state index contributed by atoms with van der Waals surface area (Å²) in [5, 5.41) is 14.3. The maximum absolute atomic E-state index is 12.2. The van der Waals surface area contributed by atoms with E-state index in [9.17, 15) is 9.90 Å². The zero-order chi connectivity index (χ0) is 19.1. The van der Waals surface area contributed by atoms with Crippen molar-refractivity contribution in [3.8, 4) is 11.1 Å². The molecule has 27 heavy (non-hydrogen) atoms. The SMILES string of the molecule is CCC(=NNC(=O)[C@H](O)c1ccccc1)c1ccc(-c2ccccc2)cc1. The van der Waals surface area contributed by atoms with E-state index in [1.54, 1.807) is 24.3 Å². The maximum Gasteiger partial charge on any atom is 0.273 e. The molecule has 1 amide bonds. The van der Waals surface area contributed by atoms with Gasteiger partial charge in [0.25, 0.3) is 5.91 Å². The number of benzene rings is 3. The molecule has 0 fully saturated rings. The smallest absolute Gasteiger partial charge is 0.273 e. The second-order valence-corrected chi connectivity index (χ2v) is 6.14. The van der Waals surface area contributed by atoms with E-state index in [4.69, 9.17) is 0 Å². The lowest BCUT2D eigenvalue weighted by Crippen LogP contribution is -2.26. The summed E-state index contributed by atoms with van der Waals surface area (Å²) in [6, 6.07) is 27.0. The number of amides is 1. The van der Waals surface area contributed by atoms with E-state index in [0.717, 1.165) is 22.4 Å². The number of nitrogens with one attached hydrogen (secondary N) is 1. The predicted octanol–water partition coefficient (Wildman–Crippen LogP) is 4.32. The lowest BCUT2D eigenvalue weighted by Gasteiger charge is -2.10. The zero-order valence-corrected chi connectivity index (χ0v) is 15.2. The Bertz CT molecular complexity index is 904. The Morgan fingerprint density at radius 1 is 0.889 bits per heavy atom. The van der Waals surface area contributed by atoms with E-state index in [-0.39, 0.29) is 0 Å². The van der Waals surface area contributed by atoms with Gasteiger partial charge in [-0.1, -0.05) is 91.9 Å². The molecule has 3 aromatic carbocycles. The van der Waals surface area contributed by atoms with Crippen molar-refractivity contribution in [3.05, 3.63) is 96.1 Å². The summed E-state index contributed by atoms with van der Waals surface area (Å²) in [4.78, 5) is 12.2. The fourth-order valence-electron chi connectivity index (χ4n) is 2.80. The molecule has 0 aliphatic heterocycles. The number of hydrazone groups is 1. The van der Waals surface area contributed by atoms with Gasteiger partial charge in [-0.2, -0.15) is 5.10 Å². The highest BCUT2D eigenvalue weighted by atomic mass is 16.3. The van der Waals surface area contributed by atoms with Gasteiger partial charge in [-0.15, -0.1) is 0 Å². The number of aliphatic hydroxyl groups is 1. The molecule has 0 radical (unpaired) electrons. The molecular weight excluding hydrogens is 336 g/mol. The molecule has 4 heteroatoms. The summed E-state index contributed by atoms with van der Waals surface area (Å²) in [6.45, 7) is 1.98. The van der Waals surface area contributed by atoms with Crippen molar-refractivity contribution < 1.29 is 9.90 Å². The normalized spacial score (nSPS) is 12.4. The van der Waals surface area contributed by atoms with Gasteiger partial charge in [0, 0.05) is 0 Å². The lowest BCUT2D eigenvalue weighted by atomic mass is 10.0. The van der Waals surface area contributed by atoms with Crippen molar-refractivity contribution in [2.75, 3.05) is 0 Å². The Hall–Kier alpha value is -3.24. The third-order valence-electron chi connectivity index (χ3n) is 4.32. The number of hydrogen-bond donors (Lipinski definition) is 2. The average Bonchev–Trinajstić information content (AvgIpc) is 2.75. The Balaban J connectivity index is 1.71. The summed E-state index contributed by atoms with van der Waals surface area (Å²) >= 11 is 0. The molecule has 2 N–H and O–H groups in total. The summed E-state index contributed by atoms with van der Waals surface area (Å²) in [5.74, 6) is -0.548. The number of rotatable bonds is 6. The molecular formula is C23H22N2O2. The second-order valence-electron chi connectivity index (χ2n) is 6.14. The molecule has 0 aliphatic rings. The Labute approximate surface area is 159 Å². The van der Waals surface area contributed by atoms with E-state index >= 15 is 0 Å². The average molecular weight is 358 g/mol. The molecule has 3 aromatic rings. The summed E-state index contributed by atoms with van der Waals surface area (Å²) in [7, 11) is 0. The van der Waals surface area contributed by atoms with E-state index in [1.807, 2.05) is 55.5 Å². The van der Waals surface area contributed by atoms with Gasteiger partial charge in [0.05, 0.1) is 5.71 Å². The first-order valence-electron chi connectivity index (χ1n) is 8.94. The van der Waals surface area contributed by atoms with Gasteiger partial charge in [-0.3, -0.25) is 4.79 Å².